The number of fused-ring (bicyclic) bond motifs is 4. The minimum absolute atomic E-state index is 0.0369. The number of amides is 4. The van der Waals surface area contributed by atoms with Crippen LogP contribution in [0.25, 0.3) is 0 Å². The number of carboxylic acid groups (broad SMARTS) is 1. The second kappa shape index (κ2) is 10.3. The van der Waals surface area contributed by atoms with Crippen LogP contribution in [0.2, 0.25) is 0 Å². The third-order valence-electron chi connectivity index (χ3n) is 8.48. The molecule has 10 nitrogen and oxygen atoms in total. The van der Waals surface area contributed by atoms with Crippen LogP contribution in [0.5, 0.6) is 11.5 Å². The molecule has 1 aromatic carbocycles. The molecular formula is C26H24Br2Cl2N2O8. The number of benzene rings is 1. The van der Waals surface area contributed by atoms with Gasteiger partial charge in [0.05, 0.1) is 28.9 Å². The number of ether oxygens (including phenoxy) is 1. The van der Waals surface area contributed by atoms with Crippen LogP contribution in [0.15, 0.2) is 28.3 Å². The van der Waals surface area contributed by atoms with Gasteiger partial charge in [-0.25, -0.2) is 0 Å². The molecular weight excluding hydrogens is 699 g/mol. The van der Waals surface area contributed by atoms with E-state index in [1.54, 1.807) is 12.1 Å². The van der Waals surface area contributed by atoms with Crippen LogP contribution in [-0.4, -0.2) is 78.5 Å². The van der Waals surface area contributed by atoms with Gasteiger partial charge in [0.1, 0.15) is 0 Å². The summed E-state index contributed by atoms with van der Waals surface area (Å²) in [6.45, 7) is -0.0369. The van der Waals surface area contributed by atoms with Crippen molar-refractivity contribution in [1.82, 2.24) is 9.80 Å². The Morgan fingerprint density at radius 3 is 2.45 bits per heavy atom. The summed E-state index contributed by atoms with van der Waals surface area (Å²) in [6.07, 6.45) is 1.74. The fourth-order valence-corrected chi connectivity index (χ4v) is 8.60. The third-order valence-corrected chi connectivity index (χ3v) is 11.0. The number of halogens is 4. The van der Waals surface area contributed by atoms with Crippen molar-refractivity contribution in [1.29, 1.82) is 0 Å². The van der Waals surface area contributed by atoms with Crippen LogP contribution >= 0.6 is 55.1 Å². The van der Waals surface area contributed by atoms with Gasteiger partial charge in [0.15, 0.2) is 21.2 Å². The number of carboxylic acids is 1. The highest BCUT2D eigenvalue weighted by atomic mass is 79.9. The number of alkyl halides is 3. The minimum atomic E-state index is -1.98. The lowest BCUT2D eigenvalue weighted by atomic mass is 9.56. The zero-order valence-electron chi connectivity index (χ0n) is 21.0. The Morgan fingerprint density at radius 2 is 1.82 bits per heavy atom. The average molecular weight is 723 g/mol. The molecule has 0 radical (unpaired) electrons. The number of hydrogen-bond acceptors (Lipinski definition) is 7. The standard InChI is InChI=1S/C26H24Br2Cl2N2O8/c1-40-16-8-11(7-15(28)20(16)35)19-12-4-5-13-18(22(37)31(21(13)36)6-2-3-17(33)34)14(12)9-25(29)23(38)32(10-27)24(39)26(19,25)30/h4,7-8,13-14,18-19,35H,2-3,5-6,9-10H2,1H3,(H,33,34)/t13-,14+,18-,19-,25+,26-/m0/s1. The van der Waals surface area contributed by atoms with Gasteiger partial charge in [0.25, 0.3) is 11.8 Å². The van der Waals surface area contributed by atoms with Crippen LogP contribution in [0, 0.1) is 17.8 Å². The average Bonchev–Trinajstić information content (AvgIpc) is 3.23. The molecule has 0 unspecified atom stereocenters. The van der Waals surface area contributed by atoms with E-state index < -0.39 is 63.0 Å². The smallest absolute Gasteiger partial charge is 0.303 e. The topological polar surface area (TPSA) is 142 Å². The quantitative estimate of drug-likeness (QED) is 0.188. The van der Waals surface area contributed by atoms with Crippen LogP contribution in [0.1, 0.15) is 37.2 Å². The van der Waals surface area contributed by atoms with Crippen molar-refractivity contribution >= 4 is 84.7 Å². The summed E-state index contributed by atoms with van der Waals surface area (Å²) in [5.41, 5.74) is 0.870. The largest absolute Gasteiger partial charge is 0.503 e. The van der Waals surface area contributed by atoms with Gasteiger partial charge in [-0.1, -0.05) is 27.6 Å². The molecule has 3 fully saturated rings. The second-order valence-electron chi connectivity index (χ2n) is 10.4. The van der Waals surface area contributed by atoms with Gasteiger partial charge < -0.3 is 14.9 Å². The molecule has 2 aliphatic carbocycles. The number of carbonyl (C=O) groups excluding carboxylic acids is 4. The number of hydrogen-bond donors (Lipinski definition) is 2. The first-order valence-electron chi connectivity index (χ1n) is 12.5. The number of methoxy groups -OCH3 is 1. The fourth-order valence-electron chi connectivity index (χ4n) is 6.72. The molecule has 1 aromatic rings. The molecule has 2 heterocycles. The van der Waals surface area contributed by atoms with Crippen molar-refractivity contribution in [3.05, 3.63) is 33.8 Å². The Balaban J connectivity index is 1.66. The van der Waals surface area contributed by atoms with E-state index in [2.05, 4.69) is 31.9 Å². The van der Waals surface area contributed by atoms with Crippen LogP contribution in [0.3, 0.4) is 0 Å². The Hall–Kier alpha value is -2.15. The van der Waals surface area contributed by atoms with Crippen molar-refractivity contribution < 1.29 is 38.9 Å². The van der Waals surface area contributed by atoms with E-state index in [-0.39, 0.29) is 53.7 Å². The maximum Gasteiger partial charge on any atom is 0.303 e. The SMILES string of the molecule is COc1cc([C@H]2C3=CC[C@@H]4C(=O)N(CCCC(=O)O)C(=O)[C@@H]4[C@@H]3C[C@@]3(Cl)C(=O)N(CBr)C(=O)[C@@]23Cl)cc(Br)c1O. The molecule has 214 valence electrons. The van der Waals surface area contributed by atoms with Gasteiger partial charge in [0.2, 0.25) is 11.8 Å². The van der Waals surface area contributed by atoms with E-state index in [1.165, 1.54) is 13.2 Å². The Bertz CT molecular complexity index is 1390. The number of phenols is 1. The van der Waals surface area contributed by atoms with Gasteiger partial charge in [-0.3, -0.25) is 33.8 Å². The van der Waals surface area contributed by atoms with Gasteiger partial charge >= 0.3 is 5.97 Å². The maximum absolute atomic E-state index is 13.8. The lowest BCUT2D eigenvalue weighted by Gasteiger charge is -2.50. The summed E-state index contributed by atoms with van der Waals surface area (Å²) < 4.78 is 5.58. The van der Waals surface area contributed by atoms with Crippen molar-refractivity contribution in [2.75, 3.05) is 19.1 Å². The third kappa shape index (κ3) is 3.96. The number of likely N-dealkylation sites (tertiary alicyclic amines) is 2. The number of allylic oxidation sites excluding steroid dienone is 2. The monoisotopic (exact) mass is 720 g/mol. The molecule has 6 atom stereocenters. The molecule has 2 aliphatic heterocycles. The van der Waals surface area contributed by atoms with Gasteiger partial charge in [-0.15, -0.1) is 23.2 Å². The second-order valence-corrected chi connectivity index (χ2v) is 13.0. The van der Waals surface area contributed by atoms with Gasteiger partial charge in [-0.2, -0.15) is 0 Å². The molecule has 0 aromatic heterocycles. The first-order valence-corrected chi connectivity index (χ1v) is 15.1. The maximum atomic E-state index is 13.8. The Kier molecular flexibility index (Phi) is 7.55. The predicted molar refractivity (Wildman–Crippen MR) is 149 cm³/mol. The van der Waals surface area contributed by atoms with Crippen molar-refractivity contribution in [3.8, 4) is 11.5 Å². The molecule has 0 bridgehead atoms. The Morgan fingerprint density at radius 1 is 1.12 bits per heavy atom. The number of nitrogens with zero attached hydrogens (tertiary/aromatic N) is 2. The van der Waals surface area contributed by atoms with Gasteiger partial charge in [0, 0.05) is 18.9 Å². The van der Waals surface area contributed by atoms with E-state index in [0.717, 1.165) is 9.80 Å². The van der Waals surface area contributed by atoms with Crippen molar-refractivity contribution in [2.24, 2.45) is 17.8 Å². The number of rotatable bonds is 7. The minimum Gasteiger partial charge on any atom is -0.503 e. The summed E-state index contributed by atoms with van der Waals surface area (Å²) in [5, 5.41) is 19.4. The molecule has 4 aliphatic rings. The predicted octanol–water partition coefficient (Wildman–Crippen LogP) is 3.74. The summed E-state index contributed by atoms with van der Waals surface area (Å²) in [6, 6.07) is 3.07. The Labute approximate surface area is 255 Å². The van der Waals surface area contributed by atoms with Crippen LogP contribution in [0.4, 0.5) is 0 Å². The van der Waals surface area contributed by atoms with Crippen molar-refractivity contribution in [2.45, 2.75) is 41.3 Å². The molecule has 5 rings (SSSR count). The summed E-state index contributed by atoms with van der Waals surface area (Å²) >= 11 is 20.8. The number of imide groups is 2. The molecule has 0 spiro atoms. The van der Waals surface area contributed by atoms with Crippen LogP contribution < -0.4 is 4.74 Å². The summed E-state index contributed by atoms with van der Waals surface area (Å²) in [4.78, 5) is 63.5. The lowest BCUT2D eigenvalue weighted by Crippen LogP contribution is -2.60. The molecule has 4 amide bonds. The number of aliphatic carboxylic acids is 1. The molecule has 2 N–H and O–H groups in total. The van der Waals surface area contributed by atoms with E-state index in [0.29, 0.717) is 11.1 Å². The molecule has 40 heavy (non-hydrogen) atoms. The highest BCUT2D eigenvalue weighted by Crippen LogP contribution is 2.66. The highest BCUT2D eigenvalue weighted by Gasteiger charge is 2.76. The van der Waals surface area contributed by atoms with Crippen molar-refractivity contribution in [3.63, 3.8) is 0 Å². The number of aromatic hydroxyl groups is 1. The fraction of sp³-hybridized carbons (Fsp3) is 0.500. The molecule has 1 saturated carbocycles. The molecule has 14 heteroatoms. The first-order chi connectivity index (χ1) is 18.8. The van der Waals surface area contributed by atoms with E-state index in [9.17, 15) is 29.1 Å². The zero-order valence-corrected chi connectivity index (χ0v) is 25.7. The number of carbonyl (C=O) groups is 5. The number of phenolic OH excluding ortho intramolecular Hbond substituents is 1. The molecule has 2 saturated heterocycles. The van der Waals surface area contributed by atoms with E-state index in [4.69, 9.17) is 33.0 Å². The van der Waals surface area contributed by atoms with E-state index >= 15 is 0 Å². The first kappa shape index (κ1) is 29.3. The summed E-state index contributed by atoms with van der Waals surface area (Å²) in [7, 11) is 1.36. The van der Waals surface area contributed by atoms with Gasteiger partial charge in [-0.05, 0) is 58.8 Å². The lowest BCUT2D eigenvalue weighted by molar-refractivity contribution is -0.142. The normalized spacial score (nSPS) is 33.1. The zero-order chi connectivity index (χ0) is 29.3. The van der Waals surface area contributed by atoms with Crippen LogP contribution in [-0.2, 0) is 24.0 Å². The summed E-state index contributed by atoms with van der Waals surface area (Å²) in [5.74, 6) is -6.69. The van der Waals surface area contributed by atoms with E-state index in [1.807, 2.05) is 0 Å². The highest BCUT2D eigenvalue weighted by molar-refractivity contribution is 9.10.